The van der Waals surface area contributed by atoms with Crippen LogP contribution in [0.1, 0.15) is 95.8 Å². The molecule has 0 heterocycles. The molecule has 0 saturated carbocycles. The molecule has 0 fully saturated rings. The van der Waals surface area contributed by atoms with E-state index in [1.165, 1.54) is 17.5 Å². The molecule has 1 aromatic carbocycles. The molecule has 0 spiro atoms. The third-order valence-corrected chi connectivity index (χ3v) is 4.65. The maximum atomic E-state index is 10.6. The SMILES string of the molecule is CCCCOc1c(CCCC)cc(O)c(CCCC)c1CCCC. The highest BCUT2D eigenvalue weighted by Gasteiger charge is 2.18. The van der Waals surface area contributed by atoms with Crippen LogP contribution in [0, 0.1) is 0 Å². The molecule has 138 valence electrons. The van der Waals surface area contributed by atoms with Gasteiger partial charge in [-0.15, -0.1) is 0 Å². The minimum atomic E-state index is 0.489. The predicted octanol–water partition coefficient (Wildman–Crippen LogP) is 6.60. The van der Waals surface area contributed by atoms with Crippen molar-refractivity contribution in [2.75, 3.05) is 6.61 Å². The fourth-order valence-corrected chi connectivity index (χ4v) is 3.10. The van der Waals surface area contributed by atoms with E-state index >= 15 is 0 Å². The molecule has 2 heteroatoms. The summed E-state index contributed by atoms with van der Waals surface area (Å²) < 4.78 is 6.27. The van der Waals surface area contributed by atoms with Crippen molar-refractivity contribution in [2.45, 2.75) is 98.3 Å². The van der Waals surface area contributed by atoms with Gasteiger partial charge in [-0.2, -0.15) is 0 Å². The number of benzene rings is 1. The first-order valence-corrected chi connectivity index (χ1v) is 10.2. The molecular formula is C22H38O2. The number of aromatic hydroxyl groups is 1. The summed E-state index contributed by atoms with van der Waals surface area (Å²) in [5, 5.41) is 10.6. The molecule has 2 nitrogen and oxygen atoms in total. The van der Waals surface area contributed by atoms with Gasteiger partial charge in [-0.05, 0) is 56.6 Å². The Labute approximate surface area is 149 Å². The lowest BCUT2D eigenvalue weighted by Gasteiger charge is -2.21. The lowest BCUT2D eigenvalue weighted by atomic mass is 9.92. The number of ether oxygens (including phenoxy) is 1. The van der Waals surface area contributed by atoms with Gasteiger partial charge in [-0.25, -0.2) is 0 Å². The van der Waals surface area contributed by atoms with Crippen LogP contribution in [0.2, 0.25) is 0 Å². The van der Waals surface area contributed by atoms with Crippen LogP contribution >= 0.6 is 0 Å². The molecule has 24 heavy (non-hydrogen) atoms. The minimum absolute atomic E-state index is 0.489. The molecule has 0 aliphatic heterocycles. The average molecular weight is 335 g/mol. The zero-order valence-corrected chi connectivity index (χ0v) is 16.4. The van der Waals surface area contributed by atoms with Crippen molar-refractivity contribution in [3.8, 4) is 11.5 Å². The molecule has 1 rings (SSSR count). The lowest BCUT2D eigenvalue weighted by Crippen LogP contribution is -2.07. The Hall–Kier alpha value is -1.18. The Morgan fingerprint density at radius 3 is 1.88 bits per heavy atom. The summed E-state index contributed by atoms with van der Waals surface area (Å²) in [5.74, 6) is 1.58. The molecule has 0 bridgehead atoms. The second-order valence-electron chi connectivity index (χ2n) is 6.85. The summed E-state index contributed by atoms with van der Waals surface area (Å²) >= 11 is 0. The monoisotopic (exact) mass is 334 g/mol. The average Bonchev–Trinajstić information content (AvgIpc) is 2.58. The number of rotatable bonds is 13. The minimum Gasteiger partial charge on any atom is -0.508 e. The van der Waals surface area contributed by atoms with E-state index in [-0.39, 0.29) is 0 Å². The molecule has 0 aliphatic rings. The summed E-state index contributed by atoms with van der Waals surface area (Å²) in [6.07, 6.45) is 12.1. The van der Waals surface area contributed by atoms with E-state index in [0.29, 0.717) is 5.75 Å². The van der Waals surface area contributed by atoms with Crippen LogP contribution in [0.3, 0.4) is 0 Å². The summed E-state index contributed by atoms with van der Waals surface area (Å²) in [7, 11) is 0. The second-order valence-corrected chi connectivity index (χ2v) is 6.85. The largest absolute Gasteiger partial charge is 0.508 e. The number of unbranched alkanes of at least 4 members (excludes halogenated alkanes) is 4. The Morgan fingerprint density at radius 2 is 1.29 bits per heavy atom. The molecule has 0 radical (unpaired) electrons. The standard InChI is InChI=1S/C22H38O2/c1-5-9-13-18-17-21(23)19(14-10-6-2)20(15-11-7-3)22(18)24-16-12-8-4/h17,23H,5-16H2,1-4H3. The highest BCUT2D eigenvalue weighted by Crippen LogP contribution is 2.37. The van der Waals surface area contributed by atoms with Crippen molar-refractivity contribution in [1.82, 2.24) is 0 Å². The molecular weight excluding hydrogens is 296 g/mol. The van der Waals surface area contributed by atoms with Crippen LogP contribution < -0.4 is 4.74 Å². The summed E-state index contributed by atoms with van der Waals surface area (Å²) in [6.45, 7) is 9.63. The first kappa shape index (κ1) is 20.9. The third kappa shape index (κ3) is 6.37. The van der Waals surface area contributed by atoms with Crippen LogP contribution in [0.4, 0.5) is 0 Å². The summed E-state index contributed by atoms with van der Waals surface area (Å²) in [4.78, 5) is 0. The van der Waals surface area contributed by atoms with Crippen LogP contribution in [-0.2, 0) is 19.3 Å². The molecule has 1 N–H and O–H groups in total. The van der Waals surface area contributed by atoms with Crippen LogP contribution in [-0.4, -0.2) is 11.7 Å². The topological polar surface area (TPSA) is 29.5 Å². The van der Waals surface area contributed by atoms with Gasteiger partial charge < -0.3 is 9.84 Å². The molecule has 0 aliphatic carbocycles. The number of phenols is 1. The molecule has 0 atom stereocenters. The maximum Gasteiger partial charge on any atom is 0.126 e. The molecule has 1 aromatic rings. The number of aryl methyl sites for hydroxylation is 1. The van der Waals surface area contributed by atoms with Gasteiger partial charge in [0.15, 0.2) is 0 Å². The van der Waals surface area contributed by atoms with Crippen molar-refractivity contribution in [2.24, 2.45) is 0 Å². The van der Waals surface area contributed by atoms with Crippen LogP contribution in [0.5, 0.6) is 11.5 Å². The zero-order chi connectivity index (χ0) is 17.8. The Balaban J connectivity index is 3.23. The van der Waals surface area contributed by atoms with E-state index < -0.39 is 0 Å². The van der Waals surface area contributed by atoms with E-state index in [1.54, 1.807) is 0 Å². The third-order valence-electron chi connectivity index (χ3n) is 4.65. The van der Waals surface area contributed by atoms with Gasteiger partial charge in [0.1, 0.15) is 11.5 Å². The molecule has 0 amide bonds. The van der Waals surface area contributed by atoms with Crippen molar-refractivity contribution in [3.05, 3.63) is 22.8 Å². The molecule has 0 unspecified atom stereocenters. The molecule has 0 aromatic heterocycles. The molecule has 0 saturated heterocycles. The number of hydrogen-bond acceptors (Lipinski definition) is 2. The smallest absolute Gasteiger partial charge is 0.126 e. The Morgan fingerprint density at radius 1 is 0.750 bits per heavy atom. The summed E-state index contributed by atoms with van der Waals surface area (Å²) in [6, 6.07) is 1.98. The van der Waals surface area contributed by atoms with E-state index in [0.717, 1.165) is 82.1 Å². The van der Waals surface area contributed by atoms with Crippen molar-refractivity contribution in [1.29, 1.82) is 0 Å². The van der Waals surface area contributed by atoms with Crippen LogP contribution in [0.25, 0.3) is 0 Å². The van der Waals surface area contributed by atoms with E-state index in [2.05, 4.69) is 27.7 Å². The number of phenolic OH excluding ortho intramolecular Hbond substituents is 1. The fraction of sp³-hybridized carbons (Fsp3) is 0.727. The van der Waals surface area contributed by atoms with Gasteiger partial charge in [-0.1, -0.05) is 53.4 Å². The Kier molecular flexibility index (Phi) is 10.6. The quantitative estimate of drug-likeness (QED) is 0.412. The van der Waals surface area contributed by atoms with Gasteiger partial charge in [0.05, 0.1) is 6.61 Å². The first-order valence-electron chi connectivity index (χ1n) is 10.2. The van der Waals surface area contributed by atoms with E-state index in [1.807, 2.05) is 6.07 Å². The van der Waals surface area contributed by atoms with Gasteiger partial charge in [-0.3, -0.25) is 0 Å². The van der Waals surface area contributed by atoms with E-state index in [9.17, 15) is 5.11 Å². The highest BCUT2D eigenvalue weighted by atomic mass is 16.5. The summed E-state index contributed by atoms with van der Waals surface area (Å²) in [5.41, 5.74) is 3.63. The van der Waals surface area contributed by atoms with Crippen LogP contribution in [0.15, 0.2) is 6.07 Å². The number of hydrogen-bond donors (Lipinski definition) is 1. The van der Waals surface area contributed by atoms with Crippen molar-refractivity contribution >= 4 is 0 Å². The van der Waals surface area contributed by atoms with Gasteiger partial charge in [0, 0.05) is 11.1 Å². The first-order chi connectivity index (χ1) is 11.7. The Bertz CT molecular complexity index is 466. The predicted molar refractivity (Wildman–Crippen MR) is 104 cm³/mol. The maximum absolute atomic E-state index is 10.6. The second kappa shape index (κ2) is 12.2. The van der Waals surface area contributed by atoms with Crippen molar-refractivity contribution in [3.63, 3.8) is 0 Å². The van der Waals surface area contributed by atoms with Crippen molar-refractivity contribution < 1.29 is 9.84 Å². The van der Waals surface area contributed by atoms with E-state index in [4.69, 9.17) is 4.74 Å². The van der Waals surface area contributed by atoms with Gasteiger partial charge in [0.2, 0.25) is 0 Å². The fourth-order valence-electron chi connectivity index (χ4n) is 3.10. The highest BCUT2D eigenvalue weighted by molar-refractivity contribution is 5.53. The lowest BCUT2D eigenvalue weighted by molar-refractivity contribution is 0.301. The van der Waals surface area contributed by atoms with Gasteiger partial charge in [0.25, 0.3) is 0 Å². The zero-order valence-electron chi connectivity index (χ0n) is 16.4. The van der Waals surface area contributed by atoms with Gasteiger partial charge >= 0.3 is 0 Å². The normalized spacial score (nSPS) is 11.0.